The van der Waals surface area contributed by atoms with E-state index in [2.05, 4.69) is 11.3 Å². The number of esters is 1. The molecule has 3 nitrogen and oxygen atoms in total. The normalized spacial score (nSPS) is 20.2. The van der Waals surface area contributed by atoms with Gasteiger partial charge in [-0.25, -0.2) is 4.79 Å². The Balaban J connectivity index is 2.60. The van der Waals surface area contributed by atoms with Crippen LogP contribution in [-0.4, -0.2) is 26.3 Å². The quantitative estimate of drug-likeness (QED) is 0.437. The second-order valence-electron chi connectivity index (χ2n) is 3.02. The van der Waals surface area contributed by atoms with E-state index >= 15 is 0 Å². The molecule has 1 heterocycles. The lowest BCUT2D eigenvalue weighted by molar-refractivity contribution is -0.143. The molecule has 3 heteroatoms. The van der Waals surface area contributed by atoms with Crippen LogP contribution in [0.15, 0.2) is 12.2 Å². The van der Waals surface area contributed by atoms with Crippen LogP contribution in [-0.2, 0) is 14.3 Å². The van der Waals surface area contributed by atoms with Crippen molar-refractivity contribution in [3.05, 3.63) is 12.2 Å². The summed E-state index contributed by atoms with van der Waals surface area (Å²) < 4.78 is 9.53. The van der Waals surface area contributed by atoms with Gasteiger partial charge in [0.15, 0.2) is 0 Å². The second-order valence-corrected chi connectivity index (χ2v) is 3.02. The van der Waals surface area contributed by atoms with Gasteiger partial charge in [0.05, 0.1) is 20.3 Å². The summed E-state index contributed by atoms with van der Waals surface area (Å²) in [5.74, 6) is -0.337. The first kappa shape index (κ1) is 8.27. The lowest BCUT2D eigenvalue weighted by Gasteiger charge is -2.38. The van der Waals surface area contributed by atoms with Gasteiger partial charge in [0.2, 0.25) is 0 Å². The Labute approximate surface area is 66.0 Å². The zero-order valence-corrected chi connectivity index (χ0v) is 6.85. The summed E-state index contributed by atoms with van der Waals surface area (Å²) in [6.07, 6.45) is 0. The van der Waals surface area contributed by atoms with Crippen molar-refractivity contribution in [1.29, 1.82) is 0 Å². The summed E-state index contributed by atoms with van der Waals surface area (Å²) >= 11 is 0. The smallest absolute Gasteiger partial charge is 0.333 e. The van der Waals surface area contributed by atoms with Crippen molar-refractivity contribution in [3.63, 3.8) is 0 Å². The monoisotopic (exact) mass is 156 g/mol. The number of methoxy groups -OCH3 is 1. The average Bonchev–Trinajstić information content (AvgIpc) is 1.97. The summed E-state index contributed by atoms with van der Waals surface area (Å²) in [6, 6.07) is 0. The van der Waals surface area contributed by atoms with E-state index in [1.807, 2.05) is 6.92 Å². The SMILES string of the molecule is C=C(C(=O)OC)C1(C)COC1. The number of ether oxygens (including phenoxy) is 2. The van der Waals surface area contributed by atoms with Crippen LogP contribution in [0.1, 0.15) is 6.92 Å². The van der Waals surface area contributed by atoms with Gasteiger partial charge in [-0.15, -0.1) is 0 Å². The van der Waals surface area contributed by atoms with E-state index in [1.165, 1.54) is 7.11 Å². The van der Waals surface area contributed by atoms with Gasteiger partial charge >= 0.3 is 5.97 Å². The van der Waals surface area contributed by atoms with Crippen molar-refractivity contribution in [3.8, 4) is 0 Å². The van der Waals surface area contributed by atoms with Crippen LogP contribution in [0.2, 0.25) is 0 Å². The minimum absolute atomic E-state index is 0.187. The molecule has 0 aromatic carbocycles. The molecule has 1 aliphatic rings. The molecule has 1 fully saturated rings. The Morgan fingerprint density at radius 1 is 1.64 bits per heavy atom. The molecular weight excluding hydrogens is 144 g/mol. The molecule has 0 amide bonds. The van der Waals surface area contributed by atoms with Crippen LogP contribution < -0.4 is 0 Å². The molecule has 62 valence electrons. The summed E-state index contributed by atoms with van der Waals surface area (Å²) in [6.45, 7) is 6.75. The molecule has 0 saturated carbocycles. The van der Waals surface area contributed by atoms with Crippen LogP contribution in [0.4, 0.5) is 0 Å². The average molecular weight is 156 g/mol. The van der Waals surface area contributed by atoms with Crippen molar-refractivity contribution in [1.82, 2.24) is 0 Å². The van der Waals surface area contributed by atoms with E-state index in [1.54, 1.807) is 0 Å². The molecule has 0 radical (unpaired) electrons. The Morgan fingerprint density at radius 2 is 2.18 bits per heavy atom. The molecule has 1 aliphatic heterocycles. The molecule has 0 aromatic heterocycles. The van der Waals surface area contributed by atoms with E-state index in [-0.39, 0.29) is 11.4 Å². The molecule has 0 unspecified atom stereocenters. The molecule has 0 atom stereocenters. The molecule has 11 heavy (non-hydrogen) atoms. The van der Waals surface area contributed by atoms with Gasteiger partial charge in [-0.2, -0.15) is 0 Å². The van der Waals surface area contributed by atoms with Gasteiger partial charge in [0, 0.05) is 11.0 Å². The van der Waals surface area contributed by atoms with E-state index in [0.717, 1.165) is 0 Å². The summed E-state index contributed by atoms with van der Waals surface area (Å²) in [7, 11) is 1.36. The number of rotatable bonds is 2. The largest absolute Gasteiger partial charge is 0.466 e. The second kappa shape index (κ2) is 2.66. The highest BCUT2D eigenvalue weighted by Gasteiger charge is 2.39. The van der Waals surface area contributed by atoms with Crippen LogP contribution in [0, 0.1) is 5.41 Å². The van der Waals surface area contributed by atoms with Crippen LogP contribution >= 0.6 is 0 Å². The fraction of sp³-hybridized carbons (Fsp3) is 0.625. The van der Waals surface area contributed by atoms with E-state index in [4.69, 9.17) is 4.74 Å². The fourth-order valence-corrected chi connectivity index (χ4v) is 0.952. The first-order valence-electron chi connectivity index (χ1n) is 3.45. The minimum Gasteiger partial charge on any atom is -0.466 e. The highest BCUT2D eigenvalue weighted by atomic mass is 16.5. The maximum Gasteiger partial charge on any atom is 0.333 e. The number of hydrogen-bond acceptors (Lipinski definition) is 3. The highest BCUT2D eigenvalue weighted by molar-refractivity contribution is 5.89. The van der Waals surface area contributed by atoms with E-state index in [0.29, 0.717) is 18.8 Å². The first-order valence-corrected chi connectivity index (χ1v) is 3.45. The standard InChI is InChI=1S/C8H12O3/c1-6(7(9)10-3)8(2)4-11-5-8/h1,4-5H2,2-3H3. The number of carbonyl (C=O) groups excluding carboxylic acids is 1. The Bertz CT molecular complexity index is 192. The fourth-order valence-electron chi connectivity index (χ4n) is 0.952. The van der Waals surface area contributed by atoms with Gasteiger partial charge in [-0.1, -0.05) is 13.5 Å². The number of hydrogen-bond donors (Lipinski definition) is 0. The molecule has 0 N–H and O–H groups in total. The summed E-state index contributed by atoms with van der Waals surface area (Å²) in [5.41, 5.74) is 0.318. The molecule has 1 rings (SSSR count). The third kappa shape index (κ3) is 1.28. The third-order valence-electron chi connectivity index (χ3n) is 2.00. The predicted molar refractivity (Wildman–Crippen MR) is 40.1 cm³/mol. The molecule has 1 saturated heterocycles. The summed E-state index contributed by atoms with van der Waals surface area (Å²) in [5, 5.41) is 0. The maximum atomic E-state index is 11.0. The van der Waals surface area contributed by atoms with E-state index < -0.39 is 0 Å². The van der Waals surface area contributed by atoms with Crippen LogP contribution in [0.5, 0.6) is 0 Å². The van der Waals surface area contributed by atoms with Gasteiger partial charge in [0.1, 0.15) is 0 Å². The Kier molecular flexibility index (Phi) is 2.00. The third-order valence-corrected chi connectivity index (χ3v) is 2.00. The Morgan fingerprint density at radius 3 is 2.45 bits per heavy atom. The molecule has 0 aromatic rings. The van der Waals surface area contributed by atoms with Gasteiger partial charge in [0.25, 0.3) is 0 Å². The van der Waals surface area contributed by atoms with Crippen molar-refractivity contribution >= 4 is 5.97 Å². The minimum atomic E-state index is -0.337. The summed E-state index contributed by atoms with van der Waals surface area (Å²) in [4.78, 5) is 11.0. The lowest BCUT2D eigenvalue weighted by atomic mass is 9.81. The molecule has 0 aliphatic carbocycles. The Hall–Kier alpha value is -0.830. The number of carbonyl (C=O) groups is 1. The van der Waals surface area contributed by atoms with Crippen LogP contribution in [0.25, 0.3) is 0 Å². The van der Waals surface area contributed by atoms with Gasteiger partial charge < -0.3 is 9.47 Å². The molecular formula is C8H12O3. The maximum absolute atomic E-state index is 11.0. The van der Waals surface area contributed by atoms with Crippen molar-refractivity contribution in [2.75, 3.05) is 20.3 Å². The highest BCUT2D eigenvalue weighted by Crippen LogP contribution is 2.34. The van der Waals surface area contributed by atoms with E-state index in [9.17, 15) is 4.79 Å². The van der Waals surface area contributed by atoms with Crippen LogP contribution in [0.3, 0.4) is 0 Å². The predicted octanol–water partition coefficient (Wildman–Crippen LogP) is 0.752. The molecule has 0 spiro atoms. The first-order chi connectivity index (χ1) is 5.10. The lowest BCUT2D eigenvalue weighted by Crippen LogP contribution is -2.43. The zero-order chi connectivity index (χ0) is 8.48. The molecule has 0 bridgehead atoms. The zero-order valence-electron chi connectivity index (χ0n) is 6.85. The van der Waals surface area contributed by atoms with Crippen molar-refractivity contribution in [2.45, 2.75) is 6.92 Å². The van der Waals surface area contributed by atoms with Crippen molar-refractivity contribution in [2.24, 2.45) is 5.41 Å². The van der Waals surface area contributed by atoms with Gasteiger partial charge in [-0.3, -0.25) is 0 Å². The van der Waals surface area contributed by atoms with Gasteiger partial charge in [-0.05, 0) is 0 Å². The van der Waals surface area contributed by atoms with Crippen molar-refractivity contribution < 1.29 is 14.3 Å². The topological polar surface area (TPSA) is 35.5 Å².